The molecule has 2 heterocycles. The molecule has 2 aromatic rings. The molecule has 2 amide bonds. The highest BCUT2D eigenvalue weighted by Gasteiger charge is 2.41. The molecule has 32 heavy (non-hydrogen) atoms. The fourth-order valence-corrected chi connectivity index (χ4v) is 5.42. The number of unbranched alkanes of at least 4 members (excludes halogenated alkanes) is 1. The maximum absolute atomic E-state index is 13.7. The summed E-state index contributed by atoms with van der Waals surface area (Å²) >= 11 is 4.50. The lowest BCUT2D eigenvalue weighted by Gasteiger charge is -2.41. The van der Waals surface area contributed by atoms with E-state index in [9.17, 15) is 9.59 Å². The van der Waals surface area contributed by atoms with Crippen LogP contribution in [-0.4, -0.2) is 34.0 Å². The van der Waals surface area contributed by atoms with Crippen LogP contribution < -0.4 is 5.32 Å². The predicted molar refractivity (Wildman–Crippen MR) is 133 cm³/mol. The van der Waals surface area contributed by atoms with Crippen molar-refractivity contribution >= 4 is 24.4 Å². The third-order valence-corrected chi connectivity index (χ3v) is 7.44. The van der Waals surface area contributed by atoms with Crippen molar-refractivity contribution in [3.8, 4) is 11.1 Å². The van der Waals surface area contributed by atoms with Crippen molar-refractivity contribution in [2.75, 3.05) is 0 Å². The molecule has 170 valence electrons. The number of fused-ring (bicyclic) bond motifs is 3. The van der Waals surface area contributed by atoms with Crippen LogP contribution >= 0.6 is 12.6 Å². The molecule has 0 aliphatic carbocycles. The normalized spacial score (nSPS) is 23.7. The van der Waals surface area contributed by atoms with Gasteiger partial charge in [0.15, 0.2) is 0 Å². The Hall–Kier alpha value is -2.27. The molecule has 2 aliphatic rings. The first kappa shape index (κ1) is 22.9. The number of hydrogen-bond acceptors (Lipinski definition) is 3. The first-order valence-electron chi connectivity index (χ1n) is 12.0. The number of benzene rings is 2. The average Bonchev–Trinajstić information content (AvgIpc) is 2.93. The zero-order valence-corrected chi connectivity index (χ0v) is 20.0. The molecule has 0 radical (unpaired) electrons. The smallest absolute Gasteiger partial charge is 0.246 e. The topological polar surface area (TPSA) is 49.4 Å². The Balaban J connectivity index is 1.67. The quantitative estimate of drug-likeness (QED) is 0.585. The van der Waals surface area contributed by atoms with Crippen molar-refractivity contribution in [2.45, 2.75) is 82.2 Å². The summed E-state index contributed by atoms with van der Waals surface area (Å²) in [7, 11) is 0. The molecular formula is C27H34N2O2S. The molecule has 0 saturated carbocycles. The molecule has 0 unspecified atom stereocenters. The Morgan fingerprint density at radius 3 is 2.69 bits per heavy atom. The standard InChI is InChI=1S/C27H34N2O2S/c1-3-4-13-25(32)26(30)28-23-17-21-15-14-20(19-10-6-5-7-11-19)16-22(21)24-12-8-9-18(2)29(24)27(23)31/h5-7,10-11,14-16,18,23-25,32H,3-4,8-9,12-13,17H2,1-2H3,(H,28,30)/t18-,23+,24-,25+/m1/s1. The lowest BCUT2D eigenvalue weighted by Crippen LogP contribution is -2.53. The van der Waals surface area contributed by atoms with Gasteiger partial charge in [-0.2, -0.15) is 12.6 Å². The number of thiol groups is 1. The van der Waals surface area contributed by atoms with Gasteiger partial charge in [-0.25, -0.2) is 0 Å². The number of hydrogen-bond donors (Lipinski definition) is 2. The van der Waals surface area contributed by atoms with Crippen LogP contribution in [0.1, 0.15) is 69.5 Å². The second kappa shape index (κ2) is 10.1. The summed E-state index contributed by atoms with van der Waals surface area (Å²) in [6.07, 6.45) is 6.32. The minimum Gasteiger partial charge on any atom is -0.343 e. The molecule has 1 fully saturated rings. The molecule has 1 saturated heterocycles. The summed E-state index contributed by atoms with van der Waals surface area (Å²) in [6.45, 7) is 4.24. The molecule has 2 aliphatic heterocycles. The molecule has 4 atom stereocenters. The Labute approximate surface area is 197 Å². The van der Waals surface area contributed by atoms with Gasteiger partial charge in [-0.3, -0.25) is 9.59 Å². The van der Waals surface area contributed by atoms with Gasteiger partial charge in [0.05, 0.1) is 11.3 Å². The predicted octanol–water partition coefficient (Wildman–Crippen LogP) is 5.33. The van der Waals surface area contributed by atoms with E-state index in [1.165, 1.54) is 16.7 Å². The van der Waals surface area contributed by atoms with E-state index >= 15 is 0 Å². The molecular weight excluding hydrogens is 416 g/mol. The van der Waals surface area contributed by atoms with Crippen LogP contribution in [0.3, 0.4) is 0 Å². The van der Waals surface area contributed by atoms with Gasteiger partial charge >= 0.3 is 0 Å². The summed E-state index contributed by atoms with van der Waals surface area (Å²) in [5, 5.41) is 2.68. The maximum Gasteiger partial charge on any atom is 0.246 e. The molecule has 0 aromatic heterocycles. The fourth-order valence-electron chi connectivity index (χ4n) is 5.17. The van der Waals surface area contributed by atoms with Crippen LogP contribution in [0.25, 0.3) is 11.1 Å². The zero-order valence-electron chi connectivity index (χ0n) is 19.1. The number of carbonyl (C=O) groups is 2. The van der Waals surface area contributed by atoms with Gasteiger partial charge in [0.25, 0.3) is 0 Å². The van der Waals surface area contributed by atoms with E-state index in [1.807, 2.05) is 6.07 Å². The summed E-state index contributed by atoms with van der Waals surface area (Å²) in [6, 6.07) is 16.6. The monoisotopic (exact) mass is 450 g/mol. The Morgan fingerprint density at radius 1 is 1.16 bits per heavy atom. The molecule has 1 N–H and O–H groups in total. The van der Waals surface area contributed by atoms with Crippen molar-refractivity contribution in [1.29, 1.82) is 0 Å². The van der Waals surface area contributed by atoms with E-state index in [0.717, 1.165) is 44.1 Å². The van der Waals surface area contributed by atoms with Gasteiger partial charge in [-0.05, 0) is 60.9 Å². The number of amides is 2. The molecule has 0 spiro atoms. The van der Waals surface area contributed by atoms with Gasteiger partial charge < -0.3 is 10.2 Å². The van der Waals surface area contributed by atoms with E-state index < -0.39 is 6.04 Å². The van der Waals surface area contributed by atoms with Crippen molar-refractivity contribution in [2.24, 2.45) is 0 Å². The Morgan fingerprint density at radius 2 is 1.94 bits per heavy atom. The maximum atomic E-state index is 13.7. The number of nitrogens with one attached hydrogen (secondary N) is 1. The Bertz CT molecular complexity index is 961. The second-order valence-electron chi connectivity index (χ2n) is 9.24. The molecule has 4 nitrogen and oxygen atoms in total. The molecule has 5 heteroatoms. The Kier molecular flexibility index (Phi) is 7.24. The van der Waals surface area contributed by atoms with E-state index in [2.05, 4.69) is 79.2 Å². The third kappa shape index (κ3) is 4.73. The highest BCUT2D eigenvalue weighted by atomic mass is 32.1. The van der Waals surface area contributed by atoms with Gasteiger partial charge in [0.1, 0.15) is 6.04 Å². The number of nitrogens with zero attached hydrogens (tertiary/aromatic N) is 1. The first-order valence-corrected chi connectivity index (χ1v) is 12.5. The number of carbonyl (C=O) groups excluding carboxylic acids is 2. The number of rotatable bonds is 6. The van der Waals surface area contributed by atoms with Crippen LogP contribution in [0, 0.1) is 0 Å². The summed E-state index contributed by atoms with van der Waals surface area (Å²) in [5.74, 6) is -0.0882. The van der Waals surface area contributed by atoms with Crippen LogP contribution in [0.2, 0.25) is 0 Å². The van der Waals surface area contributed by atoms with Crippen molar-refractivity contribution in [3.05, 3.63) is 59.7 Å². The lowest BCUT2D eigenvalue weighted by atomic mass is 9.88. The fraction of sp³-hybridized carbons (Fsp3) is 0.481. The molecule has 4 rings (SSSR count). The van der Waals surface area contributed by atoms with Gasteiger partial charge in [-0.1, -0.05) is 62.2 Å². The second-order valence-corrected chi connectivity index (χ2v) is 9.87. The van der Waals surface area contributed by atoms with Crippen LogP contribution in [-0.2, 0) is 16.0 Å². The van der Waals surface area contributed by atoms with Gasteiger partial charge in [0, 0.05) is 12.5 Å². The van der Waals surface area contributed by atoms with Gasteiger partial charge in [-0.15, -0.1) is 0 Å². The molecule has 2 aromatic carbocycles. The number of piperidine rings is 1. The van der Waals surface area contributed by atoms with Crippen molar-refractivity contribution in [3.63, 3.8) is 0 Å². The SMILES string of the molecule is CCCC[C@H](S)C(=O)N[C@H]1Cc2ccc(-c3ccccc3)cc2[C@H]2CCC[C@@H](C)N2C1=O. The van der Waals surface area contributed by atoms with Crippen LogP contribution in [0.15, 0.2) is 48.5 Å². The van der Waals surface area contributed by atoms with Crippen LogP contribution in [0.5, 0.6) is 0 Å². The average molecular weight is 451 g/mol. The zero-order chi connectivity index (χ0) is 22.7. The first-order chi connectivity index (χ1) is 15.5. The van der Waals surface area contributed by atoms with E-state index in [4.69, 9.17) is 0 Å². The highest BCUT2D eigenvalue weighted by molar-refractivity contribution is 7.81. The lowest BCUT2D eigenvalue weighted by molar-refractivity contribution is -0.141. The van der Waals surface area contributed by atoms with Crippen molar-refractivity contribution in [1.82, 2.24) is 10.2 Å². The minimum atomic E-state index is -0.536. The van der Waals surface area contributed by atoms with Crippen LogP contribution in [0.4, 0.5) is 0 Å². The highest BCUT2D eigenvalue weighted by Crippen LogP contribution is 2.40. The third-order valence-electron chi connectivity index (χ3n) is 6.95. The van der Waals surface area contributed by atoms with Crippen molar-refractivity contribution < 1.29 is 9.59 Å². The van der Waals surface area contributed by atoms with Gasteiger partial charge in [0.2, 0.25) is 11.8 Å². The summed E-state index contributed by atoms with van der Waals surface area (Å²) in [4.78, 5) is 28.5. The van der Waals surface area contributed by atoms with E-state index in [1.54, 1.807) is 0 Å². The largest absolute Gasteiger partial charge is 0.343 e. The van der Waals surface area contributed by atoms with E-state index in [0.29, 0.717) is 6.42 Å². The molecule has 0 bridgehead atoms. The van der Waals surface area contributed by atoms with E-state index in [-0.39, 0.29) is 29.1 Å². The summed E-state index contributed by atoms with van der Waals surface area (Å²) < 4.78 is 0. The minimum absolute atomic E-state index is 0.0454. The summed E-state index contributed by atoms with van der Waals surface area (Å²) in [5.41, 5.74) is 4.75.